The van der Waals surface area contributed by atoms with Crippen LogP contribution in [0, 0.1) is 11.8 Å². The zero-order valence-corrected chi connectivity index (χ0v) is 18.5. The highest BCUT2D eigenvalue weighted by Crippen LogP contribution is 2.45. The molecule has 3 fully saturated rings. The van der Waals surface area contributed by atoms with Gasteiger partial charge in [-0.05, 0) is 80.8 Å². The molecule has 0 saturated carbocycles. The average molecular weight is 430 g/mol. The normalized spacial score (nSPS) is 29.5. The first kappa shape index (κ1) is 19.9. The zero-order valence-electron chi connectivity index (χ0n) is 18.5. The summed E-state index contributed by atoms with van der Waals surface area (Å²) in [7, 11) is 0. The lowest BCUT2D eigenvalue weighted by molar-refractivity contribution is 0.00148. The van der Waals surface area contributed by atoms with Crippen molar-refractivity contribution in [2.75, 3.05) is 25.0 Å². The maximum absolute atomic E-state index is 13.6. The fourth-order valence-corrected chi connectivity index (χ4v) is 6.56. The number of carbonyl (C=O) groups is 1. The quantitative estimate of drug-likeness (QED) is 0.739. The molecule has 6 rings (SSSR count). The molecule has 6 nitrogen and oxygen atoms in total. The summed E-state index contributed by atoms with van der Waals surface area (Å²) in [5.74, 6) is 2.00. The number of fused-ring (bicyclic) bond motifs is 6. The number of rotatable bonds is 3. The number of benzene rings is 1. The third-order valence-electron chi connectivity index (χ3n) is 7.87. The summed E-state index contributed by atoms with van der Waals surface area (Å²) < 4.78 is 0. The van der Waals surface area contributed by atoms with Crippen molar-refractivity contribution in [1.29, 1.82) is 0 Å². The summed E-state index contributed by atoms with van der Waals surface area (Å²) in [4.78, 5) is 26.9. The number of amides is 1. The van der Waals surface area contributed by atoms with Crippen LogP contribution in [-0.4, -0.2) is 57.4 Å². The topological polar surface area (TPSA) is 61.4 Å². The van der Waals surface area contributed by atoms with Gasteiger partial charge in [-0.3, -0.25) is 9.69 Å². The molecule has 6 heteroatoms. The van der Waals surface area contributed by atoms with Crippen molar-refractivity contribution in [1.82, 2.24) is 19.8 Å². The summed E-state index contributed by atoms with van der Waals surface area (Å²) >= 11 is 0. The number of likely N-dealkylation sites (tertiary alicyclic amines) is 1. The maximum atomic E-state index is 13.6. The van der Waals surface area contributed by atoms with E-state index in [9.17, 15) is 4.79 Å². The molecule has 3 saturated heterocycles. The predicted molar refractivity (Wildman–Crippen MR) is 125 cm³/mol. The first-order chi connectivity index (χ1) is 15.8. The van der Waals surface area contributed by atoms with Crippen molar-refractivity contribution >= 4 is 17.5 Å². The second-order valence-corrected chi connectivity index (χ2v) is 9.78. The minimum Gasteiger partial charge on any atom is -0.332 e. The lowest BCUT2D eigenvalue weighted by atomic mass is 9.68. The Morgan fingerprint density at radius 1 is 1.03 bits per heavy atom. The van der Waals surface area contributed by atoms with Crippen LogP contribution in [0.4, 0.5) is 11.6 Å². The fourth-order valence-electron chi connectivity index (χ4n) is 6.56. The molecule has 2 bridgehead atoms. The lowest BCUT2D eigenvalue weighted by Gasteiger charge is -2.54. The summed E-state index contributed by atoms with van der Waals surface area (Å²) in [5, 5.41) is 3.19. The number of carbonyl (C=O) groups excluding carboxylic acids is 1. The van der Waals surface area contributed by atoms with Gasteiger partial charge in [-0.2, -0.15) is 0 Å². The molecule has 1 N–H and O–H groups in total. The molecule has 0 radical (unpaired) electrons. The van der Waals surface area contributed by atoms with E-state index in [1.54, 1.807) is 18.5 Å². The summed E-state index contributed by atoms with van der Waals surface area (Å²) in [6.07, 6.45) is 13.5. The SMILES string of the molecule is O=C(c1ccc(Nc2ncccn2)cc1)N1CCCC2=C[C@H]3C[C@H](CN4CCCC[C@@H]34)[C@@H]21. The first-order valence-electron chi connectivity index (χ1n) is 12.2. The van der Waals surface area contributed by atoms with Gasteiger partial charge in [0, 0.05) is 42.8 Å². The second-order valence-electron chi connectivity index (χ2n) is 9.78. The Bertz CT molecular complexity index is 1000. The van der Waals surface area contributed by atoms with Crippen LogP contribution in [0.1, 0.15) is 48.9 Å². The number of hydrogen-bond donors (Lipinski definition) is 1. The minimum absolute atomic E-state index is 0.169. The molecule has 1 amide bonds. The molecule has 1 aromatic carbocycles. The first-order valence-corrected chi connectivity index (χ1v) is 12.2. The lowest BCUT2D eigenvalue weighted by Crippen LogP contribution is -2.60. The van der Waals surface area contributed by atoms with E-state index in [-0.39, 0.29) is 11.9 Å². The van der Waals surface area contributed by atoms with Gasteiger partial charge in [0.05, 0.1) is 6.04 Å². The standard InChI is InChI=1S/C26H31N5O/c32-25(18-7-9-22(10-8-18)29-26-27-11-4-12-28-26)31-14-3-5-19-15-20-16-21(24(19)31)17-30-13-2-1-6-23(20)30/h4,7-12,15,20-21,23-24H,1-3,5-6,13-14,16-17H2,(H,27,28,29)/t20-,21+,23-,24+/m0/s1. The van der Waals surface area contributed by atoms with Gasteiger partial charge >= 0.3 is 0 Å². The Hall–Kier alpha value is -2.73. The van der Waals surface area contributed by atoms with Crippen LogP contribution in [0.15, 0.2) is 54.4 Å². The van der Waals surface area contributed by atoms with Gasteiger partial charge in [0.15, 0.2) is 0 Å². The third kappa shape index (κ3) is 3.60. The van der Waals surface area contributed by atoms with Gasteiger partial charge in [0.2, 0.25) is 5.95 Å². The van der Waals surface area contributed by atoms with Crippen LogP contribution in [0.5, 0.6) is 0 Å². The molecule has 166 valence electrons. The molecule has 0 unspecified atom stereocenters. The Balaban J connectivity index is 1.22. The monoisotopic (exact) mass is 429 g/mol. The molecule has 32 heavy (non-hydrogen) atoms. The number of nitrogens with zero attached hydrogens (tertiary/aromatic N) is 4. The predicted octanol–water partition coefficient (Wildman–Crippen LogP) is 4.26. The van der Waals surface area contributed by atoms with E-state index in [4.69, 9.17) is 0 Å². The molecule has 0 spiro atoms. The third-order valence-corrected chi connectivity index (χ3v) is 7.87. The second kappa shape index (κ2) is 8.32. The summed E-state index contributed by atoms with van der Waals surface area (Å²) in [5.41, 5.74) is 3.19. The van der Waals surface area contributed by atoms with E-state index >= 15 is 0 Å². The molecular formula is C26H31N5O. The van der Waals surface area contributed by atoms with Crippen LogP contribution in [0.3, 0.4) is 0 Å². The van der Waals surface area contributed by atoms with Crippen molar-refractivity contribution in [3.8, 4) is 0 Å². The largest absolute Gasteiger partial charge is 0.332 e. The van der Waals surface area contributed by atoms with Gasteiger partial charge in [-0.1, -0.05) is 18.1 Å². The van der Waals surface area contributed by atoms with Gasteiger partial charge in [0.1, 0.15) is 0 Å². The number of aromatic nitrogens is 2. The number of hydrogen-bond acceptors (Lipinski definition) is 5. The highest BCUT2D eigenvalue weighted by Gasteiger charge is 2.46. The minimum atomic E-state index is 0.169. The molecule has 4 heterocycles. The summed E-state index contributed by atoms with van der Waals surface area (Å²) in [6.45, 7) is 3.26. The van der Waals surface area contributed by atoms with Crippen molar-refractivity contribution < 1.29 is 4.79 Å². The Morgan fingerprint density at radius 3 is 2.72 bits per heavy atom. The number of piperidine rings is 3. The van der Waals surface area contributed by atoms with E-state index in [1.807, 2.05) is 24.3 Å². The number of nitrogens with one attached hydrogen (secondary N) is 1. The smallest absolute Gasteiger partial charge is 0.254 e. The Kier molecular flexibility index (Phi) is 5.18. The van der Waals surface area contributed by atoms with E-state index in [0.717, 1.165) is 43.2 Å². The Labute approximate surface area is 189 Å². The van der Waals surface area contributed by atoms with Crippen molar-refractivity contribution in [3.63, 3.8) is 0 Å². The molecule has 4 atom stereocenters. The van der Waals surface area contributed by atoms with Crippen molar-refractivity contribution in [2.24, 2.45) is 11.8 Å². The average Bonchev–Trinajstić information content (AvgIpc) is 2.84. The van der Waals surface area contributed by atoms with Gasteiger partial charge in [0.25, 0.3) is 5.91 Å². The van der Waals surface area contributed by atoms with E-state index in [1.165, 1.54) is 37.8 Å². The van der Waals surface area contributed by atoms with E-state index < -0.39 is 0 Å². The van der Waals surface area contributed by atoms with Gasteiger partial charge in [-0.15, -0.1) is 0 Å². The van der Waals surface area contributed by atoms with E-state index in [0.29, 0.717) is 17.8 Å². The van der Waals surface area contributed by atoms with Gasteiger partial charge in [-0.25, -0.2) is 9.97 Å². The fraction of sp³-hybridized carbons (Fsp3) is 0.500. The van der Waals surface area contributed by atoms with Crippen LogP contribution in [-0.2, 0) is 0 Å². The van der Waals surface area contributed by atoms with Gasteiger partial charge < -0.3 is 10.2 Å². The molecule has 2 aromatic rings. The Morgan fingerprint density at radius 2 is 1.88 bits per heavy atom. The van der Waals surface area contributed by atoms with Crippen molar-refractivity contribution in [2.45, 2.75) is 50.6 Å². The molecule has 1 aliphatic carbocycles. The van der Waals surface area contributed by atoms with Crippen LogP contribution in [0.2, 0.25) is 0 Å². The highest BCUT2D eigenvalue weighted by molar-refractivity contribution is 5.95. The van der Waals surface area contributed by atoms with Crippen LogP contribution < -0.4 is 5.32 Å². The van der Waals surface area contributed by atoms with Crippen molar-refractivity contribution in [3.05, 3.63) is 59.9 Å². The van der Waals surface area contributed by atoms with E-state index in [2.05, 4.69) is 31.2 Å². The molecule has 3 aliphatic heterocycles. The number of anilines is 2. The summed E-state index contributed by atoms with van der Waals surface area (Å²) in [6, 6.07) is 10.6. The van der Waals surface area contributed by atoms with Crippen LogP contribution >= 0.6 is 0 Å². The maximum Gasteiger partial charge on any atom is 0.254 e. The zero-order chi connectivity index (χ0) is 21.5. The molecule has 1 aromatic heterocycles. The highest BCUT2D eigenvalue weighted by atomic mass is 16.2. The molecular weight excluding hydrogens is 398 g/mol. The van der Waals surface area contributed by atoms with Crippen LogP contribution in [0.25, 0.3) is 0 Å². The molecule has 4 aliphatic rings.